The molecule has 2 aliphatic heterocycles. The SMILES string of the molecule is CC1=C(C(=O)OC[C@H]2CCCO2)[C@@H](c2ccsc2)C2=C(CCCC2=O)N1. The molecule has 0 saturated carbocycles. The number of Topliss-reactive ketones (excluding diaryl/α,β-unsaturated/α-hetero) is 1. The third-order valence-electron chi connectivity index (χ3n) is 5.30. The zero-order chi connectivity index (χ0) is 18.1. The first-order valence-corrected chi connectivity index (χ1v) is 10.1. The van der Waals surface area contributed by atoms with Gasteiger partial charge in [-0.3, -0.25) is 4.79 Å². The van der Waals surface area contributed by atoms with Crippen molar-refractivity contribution in [2.45, 2.75) is 51.0 Å². The minimum absolute atomic E-state index is 0.0120. The fourth-order valence-electron chi connectivity index (χ4n) is 4.05. The third-order valence-corrected chi connectivity index (χ3v) is 6.00. The van der Waals surface area contributed by atoms with Crippen LogP contribution in [0.1, 0.15) is 50.5 Å². The van der Waals surface area contributed by atoms with Crippen LogP contribution in [0, 0.1) is 0 Å². The van der Waals surface area contributed by atoms with Gasteiger partial charge in [0.15, 0.2) is 5.78 Å². The van der Waals surface area contributed by atoms with Gasteiger partial charge in [0.05, 0.1) is 11.7 Å². The number of hydrogen-bond donors (Lipinski definition) is 1. The van der Waals surface area contributed by atoms with E-state index in [0.717, 1.165) is 54.8 Å². The molecule has 1 aliphatic carbocycles. The van der Waals surface area contributed by atoms with Gasteiger partial charge in [0, 0.05) is 35.9 Å². The summed E-state index contributed by atoms with van der Waals surface area (Å²) in [6.07, 6.45) is 4.16. The average molecular weight is 373 g/mol. The van der Waals surface area contributed by atoms with E-state index in [1.165, 1.54) is 0 Å². The number of ketones is 1. The van der Waals surface area contributed by atoms with Gasteiger partial charge in [-0.25, -0.2) is 4.79 Å². The molecule has 0 unspecified atom stereocenters. The Morgan fingerprint density at radius 2 is 2.27 bits per heavy atom. The number of dihydropyridines is 1. The van der Waals surface area contributed by atoms with Crippen LogP contribution in [-0.4, -0.2) is 31.1 Å². The molecule has 2 atom stereocenters. The Balaban J connectivity index is 1.64. The molecule has 26 heavy (non-hydrogen) atoms. The van der Waals surface area contributed by atoms with Crippen LogP contribution in [0.5, 0.6) is 0 Å². The van der Waals surface area contributed by atoms with E-state index in [0.29, 0.717) is 12.0 Å². The predicted octanol–water partition coefficient (Wildman–Crippen LogP) is 3.44. The fraction of sp³-hybridized carbons (Fsp3) is 0.500. The highest BCUT2D eigenvalue weighted by molar-refractivity contribution is 7.08. The molecule has 0 amide bonds. The molecule has 1 aromatic rings. The average Bonchev–Trinajstić information content (AvgIpc) is 3.32. The molecule has 3 heterocycles. The second-order valence-electron chi connectivity index (χ2n) is 7.06. The van der Waals surface area contributed by atoms with Crippen LogP contribution in [0.15, 0.2) is 39.4 Å². The van der Waals surface area contributed by atoms with Crippen molar-refractivity contribution >= 4 is 23.1 Å². The summed E-state index contributed by atoms with van der Waals surface area (Å²) in [5, 5.41) is 7.31. The van der Waals surface area contributed by atoms with Crippen molar-refractivity contribution in [1.82, 2.24) is 5.32 Å². The zero-order valence-electron chi connectivity index (χ0n) is 14.9. The van der Waals surface area contributed by atoms with E-state index in [2.05, 4.69) is 5.32 Å². The number of carbonyl (C=O) groups is 2. The van der Waals surface area contributed by atoms with Crippen LogP contribution in [-0.2, 0) is 19.1 Å². The summed E-state index contributed by atoms with van der Waals surface area (Å²) < 4.78 is 11.1. The highest BCUT2D eigenvalue weighted by Gasteiger charge is 2.39. The van der Waals surface area contributed by atoms with Crippen molar-refractivity contribution in [3.05, 3.63) is 44.9 Å². The van der Waals surface area contributed by atoms with Crippen molar-refractivity contribution in [3.8, 4) is 0 Å². The Hall–Kier alpha value is -1.92. The lowest BCUT2D eigenvalue weighted by molar-refractivity contribution is -0.142. The van der Waals surface area contributed by atoms with Crippen molar-refractivity contribution in [2.24, 2.45) is 0 Å². The van der Waals surface area contributed by atoms with Gasteiger partial charge in [0.2, 0.25) is 0 Å². The first-order chi connectivity index (χ1) is 12.6. The van der Waals surface area contributed by atoms with Crippen LogP contribution >= 0.6 is 11.3 Å². The first-order valence-electron chi connectivity index (χ1n) is 9.20. The first kappa shape index (κ1) is 17.5. The summed E-state index contributed by atoms with van der Waals surface area (Å²) in [5.41, 5.74) is 4.03. The van der Waals surface area contributed by atoms with Gasteiger partial charge in [0.1, 0.15) is 6.61 Å². The predicted molar refractivity (Wildman–Crippen MR) is 98.7 cm³/mol. The van der Waals surface area contributed by atoms with E-state index in [4.69, 9.17) is 9.47 Å². The molecule has 3 aliphatic rings. The van der Waals surface area contributed by atoms with Crippen LogP contribution in [0.25, 0.3) is 0 Å². The molecule has 0 radical (unpaired) electrons. The van der Waals surface area contributed by atoms with Gasteiger partial charge in [-0.2, -0.15) is 11.3 Å². The molecule has 1 fully saturated rings. The van der Waals surface area contributed by atoms with E-state index in [-0.39, 0.29) is 30.4 Å². The minimum Gasteiger partial charge on any atom is -0.459 e. The number of esters is 1. The van der Waals surface area contributed by atoms with Gasteiger partial charge < -0.3 is 14.8 Å². The van der Waals surface area contributed by atoms with E-state index < -0.39 is 0 Å². The number of nitrogens with one attached hydrogen (secondary N) is 1. The minimum atomic E-state index is -0.355. The second-order valence-corrected chi connectivity index (χ2v) is 7.84. The standard InChI is InChI=1S/C20H23NO4S/c1-12-17(20(23)25-10-14-4-3-8-24-14)18(13-7-9-26-11-13)19-15(21-12)5-2-6-16(19)22/h7,9,11,14,18,21H,2-6,8,10H2,1H3/t14-,18-/m1/s1. The molecule has 5 nitrogen and oxygen atoms in total. The van der Waals surface area contributed by atoms with Gasteiger partial charge in [-0.1, -0.05) is 0 Å². The molecular weight excluding hydrogens is 350 g/mol. The Labute approximate surface area is 157 Å². The smallest absolute Gasteiger partial charge is 0.336 e. The zero-order valence-corrected chi connectivity index (χ0v) is 15.7. The largest absolute Gasteiger partial charge is 0.459 e. The summed E-state index contributed by atoms with van der Waals surface area (Å²) in [6.45, 7) is 2.89. The van der Waals surface area contributed by atoms with Crippen LogP contribution in [0.2, 0.25) is 0 Å². The van der Waals surface area contributed by atoms with Crippen molar-refractivity contribution in [1.29, 1.82) is 0 Å². The number of carbonyl (C=O) groups excluding carboxylic acids is 2. The molecule has 1 N–H and O–H groups in total. The fourth-order valence-corrected chi connectivity index (χ4v) is 4.73. The lowest BCUT2D eigenvalue weighted by Gasteiger charge is -2.33. The van der Waals surface area contributed by atoms with E-state index in [1.807, 2.05) is 23.8 Å². The Morgan fingerprint density at radius 1 is 1.38 bits per heavy atom. The number of thiophene rings is 1. The van der Waals surface area contributed by atoms with Crippen LogP contribution in [0.3, 0.4) is 0 Å². The van der Waals surface area contributed by atoms with Gasteiger partial charge in [-0.15, -0.1) is 0 Å². The Bertz CT molecular complexity index is 772. The molecule has 0 spiro atoms. The van der Waals surface area contributed by atoms with Gasteiger partial charge >= 0.3 is 5.97 Å². The number of ether oxygens (including phenoxy) is 2. The number of rotatable bonds is 4. The Morgan fingerprint density at radius 3 is 3.00 bits per heavy atom. The summed E-state index contributed by atoms with van der Waals surface area (Å²) in [4.78, 5) is 25.6. The highest BCUT2D eigenvalue weighted by atomic mass is 32.1. The maximum atomic E-state index is 12.9. The van der Waals surface area contributed by atoms with E-state index in [1.54, 1.807) is 11.3 Å². The van der Waals surface area contributed by atoms with Crippen molar-refractivity contribution in [2.75, 3.05) is 13.2 Å². The second kappa shape index (κ2) is 7.37. The summed E-state index contributed by atoms with van der Waals surface area (Å²) >= 11 is 1.57. The number of allylic oxidation sites excluding steroid dienone is 3. The summed E-state index contributed by atoms with van der Waals surface area (Å²) in [5.74, 6) is -0.555. The topological polar surface area (TPSA) is 64.6 Å². The maximum Gasteiger partial charge on any atom is 0.336 e. The van der Waals surface area contributed by atoms with Crippen molar-refractivity contribution in [3.63, 3.8) is 0 Å². The van der Waals surface area contributed by atoms with E-state index in [9.17, 15) is 9.59 Å². The molecule has 6 heteroatoms. The van der Waals surface area contributed by atoms with Crippen LogP contribution < -0.4 is 5.32 Å². The molecule has 1 saturated heterocycles. The maximum absolute atomic E-state index is 12.9. The summed E-state index contributed by atoms with van der Waals surface area (Å²) in [7, 11) is 0. The lowest BCUT2D eigenvalue weighted by atomic mass is 9.76. The van der Waals surface area contributed by atoms with Gasteiger partial charge in [0.25, 0.3) is 0 Å². The molecule has 0 aromatic carbocycles. The third kappa shape index (κ3) is 3.23. The normalized spacial score (nSPS) is 26.0. The molecule has 4 rings (SSSR count). The number of hydrogen-bond acceptors (Lipinski definition) is 6. The van der Waals surface area contributed by atoms with Gasteiger partial charge in [-0.05, 0) is 55.0 Å². The lowest BCUT2D eigenvalue weighted by Crippen LogP contribution is -2.34. The van der Waals surface area contributed by atoms with Crippen molar-refractivity contribution < 1.29 is 19.1 Å². The summed E-state index contributed by atoms with van der Waals surface area (Å²) in [6, 6.07) is 1.99. The quantitative estimate of drug-likeness (QED) is 0.819. The molecule has 1 aromatic heterocycles. The monoisotopic (exact) mass is 373 g/mol. The Kier molecular flexibility index (Phi) is 4.96. The highest BCUT2D eigenvalue weighted by Crippen LogP contribution is 2.43. The molecular formula is C20H23NO4S. The van der Waals surface area contributed by atoms with E-state index >= 15 is 0 Å². The molecule has 138 valence electrons. The molecule has 0 bridgehead atoms. The van der Waals surface area contributed by atoms with Crippen LogP contribution in [0.4, 0.5) is 0 Å².